The van der Waals surface area contributed by atoms with Crippen molar-refractivity contribution in [2.75, 3.05) is 13.1 Å². The molecule has 5 nitrogen and oxygen atoms in total. The minimum absolute atomic E-state index is 0.0251. The second-order valence-electron chi connectivity index (χ2n) is 7.49. The second-order valence-corrected chi connectivity index (χ2v) is 7.49. The Bertz CT molecular complexity index is 1060. The van der Waals surface area contributed by atoms with Gasteiger partial charge in [0, 0.05) is 43.5 Å². The lowest BCUT2D eigenvalue weighted by molar-refractivity contribution is -0.137. The molecule has 1 aliphatic heterocycles. The number of aryl methyl sites for hydroxylation is 1. The molecule has 0 saturated carbocycles. The van der Waals surface area contributed by atoms with Gasteiger partial charge >= 0.3 is 6.18 Å². The Hall–Kier alpha value is -3.16. The van der Waals surface area contributed by atoms with Gasteiger partial charge in [0.05, 0.1) is 11.3 Å². The lowest BCUT2D eigenvalue weighted by Gasteiger charge is -2.32. The van der Waals surface area contributed by atoms with Crippen LogP contribution in [0.15, 0.2) is 54.7 Å². The summed E-state index contributed by atoms with van der Waals surface area (Å²) < 4.78 is 40.7. The van der Waals surface area contributed by atoms with Crippen molar-refractivity contribution < 1.29 is 18.0 Å². The van der Waals surface area contributed by atoms with Crippen LogP contribution in [-0.4, -0.2) is 38.7 Å². The van der Waals surface area contributed by atoms with E-state index in [1.807, 2.05) is 6.07 Å². The lowest BCUT2D eigenvalue weighted by Crippen LogP contribution is -2.39. The number of hydrogen-bond acceptors (Lipinski definition) is 3. The van der Waals surface area contributed by atoms with Crippen molar-refractivity contribution in [3.05, 3.63) is 71.7 Å². The van der Waals surface area contributed by atoms with E-state index >= 15 is 0 Å². The first-order valence-electron chi connectivity index (χ1n) is 9.75. The normalized spacial score (nSPS) is 17.2. The van der Waals surface area contributed by atoms with Gasteiger partial charge in [0.2, 0.25) is 0 Å². The van der Waals surface area contributed by atoms with E-state index < -0.39 is 11.7 Å². The summed E-state index contributed by atoms with van der Waals surface area (Å²) in [5.41, 5.74) is 1.40. The Morgan fingerprint density at radius 2 is 1.93 bits per heavy atom. The third kappa shape index (κ3) is 4.22. The van der Waals surface area contributed by atoms with Gasteiger partial charge in [-0.25, -0.2) is 0 Å². The van der Waals surface area contributed by atoms with Crippen LogP contribution in [0, 0.1) is 0 Å². The summed E-state index contributed by atoms with van der Waals surface area (Å²) in [6.07, 6.45) is -0.970. The molecule has 0 radical (unpaired) electrons. The van der Waals surface area contributed by atoms with E-state index in [4.69, 9.17) is 0 Å². The second kappa shape index (κ2) is 7.93. The Kier molecular flexibility index (Phi) is 5.32. The van der Waals surface area contributed by atoms with Gasteiger partial charge in [-0.05, 0) is 43.2 Å². The van der Waals surface area contributed by atoms with E-state index in [0.717, 1.165) is 30.7 Å². The average Bonchev–Trinajstić information content (AvgIpc) is 3.19. The van der Waals surface area contributed by atoms with Gasteiger partial charge in [-0.1, -0.05) is 18.2 Å². The minimum atomic E-state index is -4.40. The summed E-state index contributed by atoms with van der Waals surface area (Å²) >= 11 is 0. The highest BCUT2D eigenvalue weighted by Crippen LogP contribution is 2.33. The molecule has 156 valence electrons. The van der Waals surface area contributed by atoms with Gasteiger partial charge < -0.3 is 4.90 Å². The van der Waals surface area contributed by atoms with Crippen LogP contribution in [0.3, 0.4) is 0 Å². The third-order valence-electron chi connectivity index (χ3n) is 5.32. The highest BCUT2D eigenvalue weighted by atomic mass is 19.4. The van der Waals surface area contributed by atoms with Crippen molar-refractivity contribution >= 4 is 5.91 Å². The molecule has 0 N–H and O–H groups in total. The first-order chi connectivity index (χ1) is 14.3. The Morgan fingerprint density at radius 1 is 1.13 bits per heavy atom. The zero-order chi connectivity index (χ0) is 21.3. The van der Waals surface area contributed by atoms with Crippen molar-refractivity contribution in [3.63, 3.8) is 0 Å². The Labute approximate surface area is 172 Å². The molecule has 0 unspecified atom stereocenters. The number of alkyl halides is 3. The van der Waals surface area contributed by atoms with Crippen LogP contribution in [0.1, 0.15) is 40.5 Å². The van der Waals surface area contributed by atoms with Crippen LogP contribution in [0.25, 0.3) is 11.3 Å². The summed E-state index contributed by atoms with van der Waals surface area (Å²) in [5, 5.41) is 4.18. The fraction of sp³-hybridized carbons (Fsp3) is 0.318. The van der Waals surface area contributed by atoms with Crippen molar-refractivity contribution in [3.8, 4) is 11.3 Å². The molecular formula is C22H21F3N4O. The molecule has 1 fully saturated rings. The number of carbonyl (C=O) groups is 1. The highest BCUT2D eigenvalue weighted by molar-refractivity contribution is 5.92. The summed E-state index contributed by atoms with van der Waals surface area (Å²) in [5.74, 6) is -0.0912. The SMILES string of the molecule is Cn1ccc(C(=O)N2CCC[C@H](c3cccc(-c4cccc(C(F)(F)F)c4)n3)C2)n1. The van der Waals surface area contributed by atoms with E-state index in [2.05, 4.69) is 10.1 Å². The molecule has 1 aliphatic rings. The minimum Gasteiger partial charge on any atom is -0.337 e. The number of hydrogen-bond donors (Lipinski definition) is 0. The molecule has 0 bridgehead atoms. The van der Waals surface area contributed by atoms with Gasteiger partial charge in [-0.2, -0.15) is 18.3 Å². The fourth-order valence-corrected chi connectivity index (χ4v) is 3.79. The van der Waals surface area contributed by atoms with Crippen LogP contribution >= 0.6 is 0 Å². The molecule has 30 heavy (non-hydrogen) atoms. The van der Waals surface area contributed by atoms with Crippen LogP contribution in [0.2, 0.25) is 0 Å². The van der Waals surface area contributed by atoms with Crippen LogP contribution in [-0.2, 0) is 13.2 Å². The number of aromatic nitrogens is 3. The maximum Gasteiger partial charge on any atom is 0.416 e. The standard InChI is InChI=1S/C22H21F3N4O/c1-28-12-10-20(27-28)21(30)29-11-4-6-16(14-29)19-9-3-8-18(26-19)15-5-2-7-17(13-15)22(23,24)25/h2-3,5,7-10,12-13,16H,4,6,11,14H2,1H3/t16-/m0/s1. The van der Waals surface area contributed by atoms with Gasteiger partial charge in [-0.3, -0.25) is 14.5 Å². The molecule has 0 aliphatic carbocycles. The number of pyridine rings is 1. The molecule has 3 aromatic rings. The van der Waals surface area contributed by atoms with Crippen molar-refractivity contribution in [2.24, 2.45) is 7.05 Å². The Balaban J connectivity index is 1.56. The molecule has 1 amide bonds. The van der Waals surface area contributed by atoms with Crippen LogP contribution in [0.5, 0.6) is 0 Å². The van der Waals surface area contributed by atoms with Gasteiger partial charge in [-0.15, -0.1) is 0 Å². The molecule has 1 atom stereocenters. The molecule has 4 rings (SSSR count). The van der Waals surface area contributed by atoms with Gasteiger partial charge in [0.25, 0.3) is 5.91 Å². The summed E-state index contributed by atoms with van der Waals surface area (Å²) in [4.78, 5) is 19.1. The third-order valence-corrected chi connectivity index (χ3v) is 5.32. The largest absolute Gasteiger partial charge is 0.416 e. The van der Waals surface area contributed by atoms with Crippen molar-refractivity contribution in [1.82, 2.24) is 19.7 Å². The maximum atomic E-state index is 13.0. The van der Waals surface area contributed by atoms with E-state index in [0.29, 0.717) is 30.0 Å². The summed E-state index contributed by atoms with van der Waals surface area (Å²) in [6, 6.07) is 12.3. The van der Waals surface area contributed by atoms with E-state index in [1.165, 1.54) is 6.07 Å². The summed E-state index contributed by atoms with van der Waals surface area (Å²) in [6.45, 7) is 1.16. The highest BCUT2D eigenvalue weighted by Gasteiger charge is 2.31. The smallest absolute Gasteiger partial charge is 0.337 e. The monoisotopic (exact) mass is 414 g/mol. The van der Waals surface area contributed by atoms with E-state index in [9.17, 15) is 18.0 Å². The predicted molar refractivity (Wildman–Crippen MR) is 106 cm³/mol. The van der Waals surface area contributed by atoms with Crippen molar-refractivity contribution in [1.29, 1.82) is 0 Å². The first kappa shape index (κ1) is 20.1. The molecular weight excluding hydrogens is 393 g/mol. The number of carbonyl (C=O) groups excluding carboxylic acids is 1. The van der Waals surface area contributed by atoms with E-state index in [1.54, 1.807) is 47.1 Å². The molecule has 8 heteroatoms. The molecule has 1 aromatic carbocycles. The molecule has 1 saturated heterocycles. The molecule has 3 heterocycles. The fourth-order valence-electron chi connectivity index (χ4n) is 3.79. The average molecular weight is 414 g/mol. The number of amides is 1. The number of piperidine rings is 1. The number of benzene rings is 1. The zero-order valence-corrected chi connectivity index (χ0v) is 16.4. The number of halogens is 3. The Morgan fingerprint density at radius 3 is 2.67 bits per heavy atom. The van der Waals surface area contributed by atoms with E-state index in [-0.39, 0.29) is 11.8 Å². The first-order valence-corrected chi connectivity index (χ1v) is 9.75. The number of rotatable bonds is 3. The molecule has 2 aromatic heterocycles. The number of nitrogens with zero attached hydrogens (tertiary/aromatic N) is 4. The van der Waals surface area contributed by atoms with Gasteiger partial charge in [0.1, 0.15) is 5.69 Å². The predicted octanol–water partition coefficient (Wildman–Crippen LogP) is 4.52. The van der Waals surface area contributed by atoms with Crippen molar-refractivity contribution in [2.45, 2.75) is 24.9 Å². The van der Waals surface area contributed by atoms with Crippen LogP contribution < -0.4 is 0 Å². The zero-order valence-electron chi connectivity index (χ0n) is 16.4. The summed E-state index contributed by atoms with van der Waals surface area (Å²) in [7, 11) is 1.76. The molecule has 0 spiro atoms. The maximum absolute atomic E-state index is 13.0. The van der Waals surface area contributed by atoms with Gasteiger partial charge in [0.15, 0.2) is 0 Å². The number of likely N-dealkylation sites (tertiary alicyclic amines) is 1. The lowest BCUT2D eigenvalue weighted by atomic mass is 9.93. The topological polar surface area (TPSA) is 51.0 Å². The quantitative estimate of drug-likeness (QED) is 0.633. The van der Waals surface area contributed by atoms with Crippen LogP contribution in [0.4, 0.5) is 13.2 Å².